The number of carboxylic acids is 1. The molecule has 172 valence electrons. The number of rotatable bonds is 12. The monoisotopic (exact) mass is 438 g/mol. The Hall–Kier alpha value is -3.18. The van der Waals surface area contributed by atoms with E-state index in [0.717, 1.165) is 5.56 Å². The summed E-state index contributed by atoms with van der Waals surface area (Å²) in [5.74, 6) is -3.55. The zero-order valence-corrected chi connectivity index (χ0v) is 17.5. The van der Waals surface area contributed by atoms with E-state index >= 15 is 0 Å². The lowest BCUT2D eigenvalue weighted by atomic mass is 9.97. The molecule has 0 aromatic heterocycles. The number of aromatic hydroxyl groups is 1. The summed E-state index contributed by atoms with van der Waals surface area (Å²) in [5, 5.41) is 34.1. The number of amides is 3. The van der Waals surface area contributed by atoms with E-state index in [1.807, 2.05) is 6.92 Å². The number of hydrogen-bond acceptors (Lipinski definition) is 7. The molecule has 31 heavy (non-hydrogen) atoms. The van der Waals surface area contributed by atoms with Crippen LogP contribution >= 0.6 is 0 Å². The Labute approximate surface area is 180 Å². The Morgan fingerprint density at radius 2 is 1.68 bits per heavy atom. The van der Waals surface area contributed by atoms with Crippen LogP contribution in [0.5, 0.6) is 5.75 Å². The lowest BCUT2D eigenvalue weighted by molar-refractivity contribution is -0.142. The average Bonchev–Trinajstić information content (AvgIpc) is 2.74. The first-order chi connectivity index (χ1) is 14.6. The highest BCUT2D eigenvalue weighted by Gasteiger charge is 2.28. The molecule has 1 aromatic carbocycles. The molecule has 11 heteroatoms. The molecule has 0 fully saturated rings. The van der Waals surface area contributed by atoms with Crippen molar-refractivity contribution < 1.29 is 34.5 Å². The van der Waals surface area contributed by atoms with Gasteiger partial charge in [0.2, 0.25) is 17.7 Å². The topological polar surface area (TPSA) is 191 Å². The molecule has 0 aliphatic heterocycles. The van der Waals surface area contributed by atoms with Crippen LogP contribution in [0.3, 0.4) is 0 Å². The van der Waals surface area contributed by atoms with E-state index in [4.69, 9.17) is 15.9 Å². The van der Waals surface area contributed by atoms with E-state index in [9.17, 15) is 24.3 Å². The summed E-state index contributed by atoms with van der Waals surface area (Å²) in [6.45, 7) is 2.27. The largest absolute Gasteiger partial charge is 0.508 e. The van der Waals surface area contributed by atoms with Gasteiger partial charge in [0.05, 0.1) is 19.2 Å². The summed E-state index contributed by atoms with van der Waals surface area (Å²) in [6.07, 6.45) is 0.754. The van der Waals surface area contributed by atoms with Gasteiger partial charge in [0.1, 0.15) is 17.8 Å². The highest BCUT2D eigenvalue weighted by Crippen LogP contribution is 2.12. The van der Waals surface area contributed by atoms with Crippen LogP contribution in [0.4, 0.5) is 0 Å². The van der Waals surface area contributed by atoms with E-state index in [2.05, 4.69) is 16.0 Å². The minimum atomic E-state index is -1.48. The van der Waals surface area contributed by atoms with E-state index in [0.29, 0.717) is 6.42 Å². The van der Waals surface area contributed by atoms with Crippen LogP contribution in [0.15, 0.2) is 24.3 Å². The highest BCUT2D eigenvalue weighted by molar-refractivity contribution is 5.92. The molecule has 1 aromatic rings. The van der Waals surface area contributed by atoms with Gasteiger partial charge in [0.25, 0.3) is 0 Å². The SMILES string of the molecule is CCC(C)C(NC(=O)C(N)Cc1ccc(O)cc1)C(=O)NCC(=O)NC(CO)C(=O)O. The molecular weight excluding hydrogens is 408 g/mol. The van der Waals surface area contributed by atoms with Gasteiger partial charge in [-0.1, -0.05) is 32.4 Å². The fourth-order valence-electron chi connectivity index (χ4n) is 2.65. The van der Waals surface area contributed by atoms with Crippen molar-refractivity contribution in [2.45, 2.75) is 44.8 Å². The van der Waals surface area contributed by atoms with Gasteiger partial charge in [-0.25, -0.2) is 4.79 Å². The second kappa shape index (κ2) is 12.5. The molecule has 0 saturated heterocycles. The Morgan fingerprint density at radius 3 is 2.19 bits per heavy atom. The van der Waals surface area contributed by atoms with Crippen LogP contribution in [0, 0.1) is 5.92 Å². The Balaban J connectivity index is 2.69. The second-order valence-electron chi connectivity index (χ2n) is 7.21. The number of carboxylic acid groups (broad SMARTS) is 1. The first-order valence-electron chi connectivity index (χ1n) is 9.83. The minimum absolute atomic E-state index is 0.0907. The van der Waals surface area contributed by atoms with E-state index in [1.54, 1.807) is 19.1 Å². The van der Waals surface area contributed by atoms with E-state index < -0.39 is 55.0 Å². The fourth-order valence-corrected chi connectivity index (χ4v) is 2.65. The molecule has 0 saturated carbocycles. The van der Waals surface area contributed by atoms with Crippen LogP contribution in [0.1, 0.15) is 25.8 Å². The van der Waals surface area contributed by atoms with Gasteiger partial charge < -0.3 is 37.0 Å². The lowest BCUT2D eigenvalue weighted by Gasteiger charge is -2.25. The summed E-state index contributed by atoms with van der Waals surface area (Å²) in [7, 11) is 0. The van der Waals surface area contributed by atoms with Gasteiger partial charge >= 0.3 is 5.97 Å². The van der Waals surface area contributed by atoms with Crippen LogP contribution in [-0.4, -0.2) is 70.3 Å². The zero-order chi connectivity index (χ0) is 23.6. The zero-order valence-electron chi connectivity index (χ0n) is 17.5. The molecule has 0 spiro atoms. The molecule has 0 radical (unpaired) electrons. The van der Waals surface area contributed by atoms with Gasteiger partial charge in [-0.2, -0.15) is 0 Å². The van der Waals surface area contributed by atoms with Gasteiger partial charge in [-0.15, -0.1) is 0 Å². The number of carbonyl (C=O) groups is 4. The third kappa shape index (κ3) is 8.60. The first kappa shape index (κ1) is 25.9. The van der Waals surface area contributed by atoms with Crippen LogP contribution in [0.2, 0.25) is 0 Å². The predicted octanol–water partition coefficient (Wildman–Crippen LogP) is -1.53. The third-order valence-corrected chi connectivity index (χ3v) is 4.76. The number of aliphatic carboxylic acids is 1. The molecule has 1 rings (SSSR count). The number of benzene rings is 1. The van der Waals surface area contributed by atoms with Crippen molar-refractivity contribution in [3.63, 3.8) is 0 Å². The van der Waals surface area contributed by atoms with E-state index in [-0.39, 0.29) is 18.1 Å². The molecule has 3 amide bonds. The number of aliphatic hydroxyl groups is 1. The quantitative estimate of drug-likeness (QED) is 0.204. The van der Waals surface area contributed by atoms with Crippen molar-refractivity contribution in [1.82, 2.24) is 16.0 Å². The number of aliphatic hydroxyl groups excluding tert-OH is 1. The van der Waals surface area contributed by atoms with Gasteiger partial charge in [-0.05, 0) is 30.0 Å². The molecule has 0 aliphatic rings. The maximum absolute atomic E-state index is 12.6. The average molecular weight is 438 g/mol. The minimum Gasteiger partial charge on any atom is -0.508 e. The summed E-state index contributed by atoms with van der Waals surface area (Å²) >= 11 is 0. The second-order valence-corrected chi connectivity index (χ2v) is 7.21. The number of phenolic OH excluding ortho intramolecular Hbond substituents is 1. The maximum Gasteiger partial charge on any atom is 0.328 e. The summed E-state index contributed by atoms with van der Waals surface area (Å²) in [5.41, 5.74) is 6.68. The summed E-state index contributed by atoms with van der Waals surface area (Å²) in [6, 6.07) is 2.86. The van der Waals surface area contributed by atoms with Crippen molar-refractivity contribution in [2.24, 2.45) is 11.7 Å². The first-order valence-corrected chi connectivity index (χ1v) is 9.83. The summed E-state index contributed by atoms with van der Waals surface area (Å²) < 4.78 is 0. The molecule has 8 N–H and O–H groups in total. The molecule has 0 heterocycles. The molecule has 0 aliphatic carbocycles. The maximum atomic E-state index is 12.6. The normalized spacial score (nSPS) is 14.6. The van der Waals surface area contributed by atoms with E-state index in [1.165, 1.54) is 12.1 Å². The molecule has 0 bridgehead atoms. The number of nitrogens with two attached hydrogens (primary N) is 1. The van der Waals surface area contributed by atoms with Gasteiger partial charge in [0, 0.05) is 0 Å². The van der Waals surface area contributed by atoms with Crippen molar-refractivity contribution in [3.05, 3.63) is 29.8 Å². The standard InChI is InChI=1S/C20H30N4O7/c1-3-11(2)17(19(29)22-9-16(27)23-15(10-25)20(30)31)24-18(28)14(21)8-12-4-6-13(26)7-5-12/h4-7,11,14-15,17,25-26H,3,8-10,21H2,1-2H3,(H,22,29)(H,23,27)(H,24,28)(H,30,31). The smallest absolute Gasteiger partial charge is 0.328 e. The van der Waals surface area contributed by atoms with Crippen molar-refractivity contribution in [3.8, 4) is 5.75 Å². The molecule has 4 unspecified atom stereocenters. The molecule has 4 atom stereocenters. The van der Waals surface area contributed by atoms with Crippen LogP contribution < -0.4 is 21.7 Å². The number of phenols is 1. The Bertz CT molecular complexity index is 769. The summed E-state index contributed by atoms with van der Waals surface area (Å²) in [4.78, 5) is 47.7. The van der Waals surface area contributed by atoms with Crippen molar-refractivity contribution in [2.75, 3.05) is 13.2 Å². The molecular formula is C20H30N4O7. The number of hydrogen-bond donors (Lipinski definition) is 7. The fraction of sp³-hybridized carbons (Fsp3) is 0.500. The van der Waals surface area contributed by atoms with Crippen molar-refractivity contribution >= 4 is 23.7 Å². The molecule has 11 nitrogen and oxygen atoms in total. The number of carbonyl (C=O) groups excluding carboxylic acids is 3. The lowest BCUT2D eigenvalue weighted by Crippen LogP contribution is -2.56. The third-order valence-electron chi connectivity index (χ3n) is 4.76. The van der Waals surface area contributed by atoms with Crippen LogP contribution in [-0.2, 0) is 25.6 Å². The van der Waals surface area contributed by atoms with Gasteiger partial charge in [0.15, 0.2) is 0 Å². The van der Waals surface area contributed by atoms with Crippen LogP contribution in [0.25, 0.3) is 0 Å². The van der Waals surface area contributed by atoms with Crippen molar-refractivity contribution in [1.29, 1.82) is 0 Å². The van der Waals surface area contributed by atoms with Gasteiger partial charge in [-0.3, -0.25) is 14.4 Å². The Morgan fingerprint density at radius 1 is 1.06 bits per heavy atom. The Kier molecular flexibility index (Phi) is 10.4. The number of nitrogens with one attached hydrogen (secondary N) is 3. The highest BCUT2D eigenvalue weighted by atomic mass is 16.4. The predicted molar refractivity (Wildman–Crippen MR) is 111 cm³/mol.